The van der Waals surface area contributed by atoms with Gasteiger partial charge in [-0.1, -0.05) is 6.07 Å². The van der Waals surface area contributed by atoms with Crippen LogP contribution >= 0.6 is 12.2 Å². The summed E-state index contributed by atoms with van der Waals surface area (Å²) in [6.07, 6.45) is 1.35. The largest absolute Gasteiger partial charge is 0.326 e. The Morgan fingerprint density at radius 1 is 1.43 bits per heavy atom. The molecular formula is C10H8N2OS. The van der Waals surface area contributed by atoms with Crippen LogP contribution in [0.15, 0.2) is 23.2 Å². The van der Waals surface area contributed by atoms with E-state index in [1.165, 1.54) is 0 Å². The fraction of sp³-hybridized carbons (Fsp3) is 0.200. The van der Waals surface area contributed by atoms with Gasteiger partial charge in [0.1, 0.15) is 0 Å². The second-order valence-corrected chi connectivity index (χ2v) is 3.28. The number of benzene rings is 1. The van der Waals surface area contributed by atoms with Crippen molar-refractivity contribution in [2.75, 3.05) is 5.32 Å². The molecule has 1 aromatic carbocycles. The molecule has 0 radical (unpaired) electrons. The zero-order chi connectivity index (χ0) is 9.97. The summed E-state index contributed by atoms with van der Waals surface area (Å²) >= 11 is 4.51. The fourth-order valence-corrected chi connectivity index (χ4v) is 1.59. The number of hydrogen-bond donors (Lipinski definition) is 1. The summed E-state index contributed by atoms with van der Waals surface area (Å²) in [5.41, 5.74) is 2.71. The summed E-state index contributed by atoms with van der Waals surface area (Å²) in [5, 5.41) is 5.10. The van der Waals surface area contributed by atoms with Crippen LogP contribution in [0.25, 0.3) is 0 Å². The number of nitrogens with zero attached hydrogens (tertiary/aromatic N) is 1. The monoisotopic (exact) mass is 204 g/mol. The normalized spacial score (nSPS) is 13.9. The Bertz CT molecular complexity index is 436. The maximum absolute atomic E-state index is 11.1. The molecule has 14 heavy (non-hydrogen) atoms. The molecule has 2 rings (SSSR count). The van der Waals surface area contributed by atoms with E-state index < -0.39 is 0 Å². The molecule has 1 aliphatic heterocycles. The number of hydrogen-bond acceptors (Lipinski definition) is 3. The summed E-state index contributed by atoms with van der Waals surface area (Å²) in [4.78, 5) is 15.0. The summed E-state index contributed by atoms with van der Waals surface area (Å²) in [6, 6.07) is 5.64. The molecule has 4 heteroatoms. The number of carbonyl (C=O) groups is 1. The number of aryl methyl sites for hydroxylation is 1. The molecule has 1 amide bonds. The molecule has 0 saturated heterocycles. The van der Waals surface area contributed by atoms with Gasteiger partial charge in [-0.05, 0) is 36.3 Å². The summed E-state index contributed by atoms with van der Waals surface area (Å²) < 4.78 is 0. The number of anilines is 1. The molecule has 0 unspecified atom stereocenters. The van der Waals surface area contributed by atoms with Crippen molar-refractivity contribution in [3.05, 3.63) is 23.8 Å². The standard InChI is InChI=1S/C10H8N2OS/c13-10-4-2-7-1-3-8(11-6-14)5-9(7)12-10/h1,3,5H,2,4H2,(H,12,13). The smallest absolute Gasteiger partial charge is 0.224 e. The number of aliphatic imine (C=N–C) groups is 1. The zero-order valence-corrected chi connectivity index (χ0v) is 8.23. The summed E-state index contributed by atoms with van der Waals surface area (Å²) in [7, 11) is 0. The minimum atomic E-state index is 0.0565. The van der Waals surface area contributed by atoms with Crippen LogP contribution in [-0.2, 0) is 11.2 Å². The Kier molecular flexibility index (Phi) is 2.39. The maximum atomic E-state index is 11.1. The van der Waals surface area contributed by atoms with Gasteiger partial charge in [-0.2, -0.15) is 4.99 Å². The molecule has 1 aliphatic rings. The second-order valence-electron chi connectivity index (χ2n) is 3.09. The molecule has 70 valence electrons. The van der Waals surface area contributed by atoms with E-state index in [9.17, 15) is 4.79 Å². The molecule has 0 saturated carbocycles. The molecule has 0 aliphatic carbocycles. The Morgan fingerprint density at radius 3 is 3.07 bits per heavy atom. The molecule has 0 bridgehead atoms. The Balaban J connectivity index is 2.42. The topological polar surface area (TPSA) is 41.5 Å². The predicted molar refractivity (Wildman–Crippen MR) is 58.1 cm³/mol. The Hall–Kier alpha value is -1.51. The number of isothiocyanates is 1. The first-order chi connectivity index (χ1) is 6.79. The van der Waals surface area contributed by atoms with E-state index >= 15 is 0 Å². The first-order valence-electron chi connectivity index (χ1n) is 4.30. The van der Waals surface area contributed by atoms with Gasteiger partial charge in [-0.3, -0.25) is 4.79 Å². The van der Waals surface area contributed by atoms with E-state index in [0.29, 0.717) is 6.42 Å². The van der Waals surface area contributed by atoms with Crippen molar-refractivity contribution in [2.45, 2.75) is 12.8 Å². The van der Waals surface area contributed by atoms with Crippen LogP contribution in [0.5, 0.6) is 0 Å². The van der Waals surface area contributed by atoms with E-state index in [4.69, 9.17) is 0 Å². The van der Waals surface area contributed by atoms with Crippen molar-refractivity contribution < 1.29 is 4.79 Å². The average Bonchev–Trinajstić information content (AvgIpc) is 2.17. The van der Waals surface area contributed by atoms with Crippen LogP contribution in [0.2, 0.25) is 0 Å². The first-order valence-corrected chi connectivity index (χ1v) is 4.71. The predicted octanol–water partition coefficient (Wildman–Crippen LogP) is 2.31. The zero-order valence-electron chi connectivity index (χ0n) is 7.41. The SMILES string of the molecule is O=C1CCc2ccc(N=C=S)cc2N1. The minimum absolute atomic E-state index is 0.0565. The molecular weight excluding hydrogens is 196 g/mol. The van der Waals surface area contributed by atoms with Gasteiger partial charge < -0.3 is 5.32 Å². The lowest BCUT2D eigenvalue weighted by molar-refractivity contribution is -0.116. The summed E-state index contributed by atoms with van der Waals surface area (Å²) in [5.74, 6) is 0.0565. The van der Waals surface area contributed by atoms with E-state index in [1.807, 2.05) is 18.2 Å². The van der Waals surface area contributed by atoms with Gasteiger partial charge in [0.2, 0.25) is 5.91 Å². The van der Waals surface area contributed by atoms with Crippen LogP contribution in [0.4, 0.5) is 11.4 Å². The van der Waals surface area contributed by atoms with E-state index in [0.717, 1.165) is 23.4 Å². The van der Waals surface area contributed by atoms with Gasteiger partial charge in [0.05, 0.1) is 10.8 Å². The third-order valence-electron chi connectivity index (χ3n) is 2.16. The number of thiocarbonyl (C=S) groups is 1. The van der Waals surface area contributed by atoms with Gasteiger partial charge in [-0.15, -0.1) is 0 Å². The van der Waals surface area contributed by atoms with Crippen LogP contribution in [0.3, 0.4) is 0 Å². The average molecular weight is 204 g/mol. The maximum Gasteiger partial charge on any atom is 0.224 e. The van der Waals surface area contributed by atoms with Crippen LogP contribution in [-0.4, -0.2) is 11.1 Å². The molecule has 1 heterocycles. The van der Waals surface area contributed by atoms with E-state index in [-0.39, 0.29) is 5.91 Å². The highest BCUT2D eigenvalue weighted by Crippen LogP contribution is 2.26. The lowest BCUT2D eigenvalue weighted by atomic mass is 10.0. The van der Waals surface area contributed by atoms with E-state index in [1.54, 1.807) is 0 Å². The van der Waals surface area contributed by atoms with Crippen molar-refractivity contribution >= 4 is 34.7 Å². The van der Waals surface area contributed by atoms with Gasteiger partial charge in [0.25, 0.3) is 0 Å². The minimum Gasteiger partial charge on any atom is -0.326 e. The van der Waals surface area contributed by atoms with Gasteiger partial charge in [-0.25, -0.2) is 0 Å². The molecule has 0 fully saturated rings. The lowest BCUT2D eigenvalue weighted by Crippen LogP contribution is -2.18. The quantitative estimate of drug-likeness (QED) is 0.563. The highest BCUT2D eigenvalue weighted by molar-refractivity contribution is 7.78. The van der Waals surface area contributed by atoms with Crippen LogP contribution in [0.1, 0.15) is 12.0 Å². The first kappa shape index (κ1) is 9.06. The fourth-order valence-electron chi connectivity index (χ4n) is 1.48. The van der Waals surface area contributed by atoms with Gasteiger partial charge in [0.15, 0.2) is 0 Å². The number of amides is 1. The highest BCUT2D eigenvalue weighted by atomic mass is 32.1. The third kappa shape index (κ3) is 1.71. The Morgan fingerprint density at radius 2 is 2.29 bits per heavy atom. The van der Waals surface area contributed by atoms with Crippen molar-refractivity contribution in [2.24, 2.45) is 4.99 Å². The van der Waals surface area contributed by atoms with Crippen molar-refractivity contribution in [3.63, 3.8) is 0 Å². The van der Waals surface area contributed by atoms with Crippen LogP contribution < -0.4 is 5.32 Å². The number of nitrogens with one attached hydrogen (secondary N) is 1. The van der Waals surface area contributed by atoms with E-state index in [2.05, 4.69) is 27.7 Å². The molecule has 0 spiro atoms. The molecule has 1 N–H and O–H groups in total. The van der Waals surface area contributed by atoms with Crippen LogP contribution in [0, 0.1) is 0 Å². The second kappa shape index (κ2) is 3.70. The van der Waals surface area contributed by atoms with Crippen molar-refractivity contribution in [1.82, 2.24) is 0 Å². The van der Waals surface area contributed by atoms with Crippen molar-refractivity contribution in [3.8, 4) is 0 Å². The molecule has 0 atom stereocenters. The molecule has 1 aromatic rings. The summed E-state index contributed by atoms with van der Waals surface area (Å²) in [6.45, 7) is 0. The highest BCUT2D eigenvalue weighted by Gasteiger charge is 2.14. The molecule has 3 nitrogen and oxygen atoms in total. The Labute approximate surface area is 86.9 Å². The number of fused-ring (bicyclic) bond motifs is 1. The third-order valence-corrected chi connectivity index (χ3v) is 2.25. The number of rotatable bonds is 1. The lowest BCUT2D eigenvalue weighted by Gasteiger charge is -2.16. The molecule has 0 aromatic heterocycles. The van der Waals surface area contributed by atoms with Gasteiger partial charge >= 0.3 is 0 Å². The van der Waals surface area contributed by atoms with Gasteiger partial charge in [0, 0.05) is 12.1 Å². The number of carbonyl (C=O) groups excluding carboxylic acids is 1. The van der Waals surface area contributed by atoms with Crippen molar-refractivity contribution in [1.29, 1.82) is 0 Å².